The zero-order chi connectivity index (χ0) is 15.8. The molecule has 0 radical (unpaired) electrons. The minimum Gasteiger partial charge on any atom is -0.365 e. The summed E-state index contributed by atoms with van der Waals surface area (Å²) in [6.45, 7) is 0.536. The molecule has 0 aromatic rings. The number of ether oxygens (including phenoxy) is 3. The second kappa shape index (κ2) is 4.60. The molecule has 4 rings (SSSR count). The molecule has 4 fully saturated rings. The Morgan fingerprint density at radius 3 is 2.27 bits per heavy atom. The van der Waals surface area contributed by atoms with Crippen molar-refractivity contribution in [2.45, 2.75) is 59.7 Å². The van der Waals surface area contributed by atoms with Crippen LogP contribution in [0.5, 0.6) is 0 Å². The Hall–Kier alpha value is 0.130. The lowest BCUT2D eigenvalue weighted by atomic mass is 9.64. The van der Waals surface area contributed by atoms with Crippen LogP contribution in [0.2, 0.25) is 0 Å². The number of methoxy groups -OCH3 is 2. The SMILES string of the molecule is COC1(OC)[C@]2(Cl)[C@H]3CCCC[C@H]3[C@@]1(Cl)C(=O)[C@]21CCCO1. The van der Waals surface area contributed by atoms with Crippen LogP contribution in [0.1, 0.15) is 38.5 Å². The van der Waals surface area contributed by atoms with Gasteiger partial charge in [-0.2, -0.15) is 0 Å². The number of hydrogen-bond acceptors (Lipinski definition) is 4. The van der Waals surface area contributed by atoms with Crippen molar-refractivity contribution in [1.29, 1.82) is 0 Å². The summed E-state index contributed by atoms with van der Waals surface area (Å²) in [5.41, 5.74) is -1.07. The van der Waals surface area contributed by atoms with Crippen LogP contribution >= 0.6 is 23.2 Å². The first-order valence-electron chi connectivity index (χ1n) is 8.13. The van der Waals surface area contributed by atoms with Crippen LogP contribution < -0.4 is 0 Å². The smallest absolute Gasteiger partial charge is 0.218 e. The van der Waals surface area contributed by atoms with Crippen LogP contribution in [-0.2, 0) is 19.0 Å². The number of fused-ring (bicyclic) bond motifs is 6. The summed E-state index contributed by atoms with van der Waals surface area (Å²) in [6, 6.07) is 0. The number of Topliss-reactive ketones (excluding diaryl/α,β-unsaturated/α-hetero) is 1. The normalized spacial score (nSPS) is 52.5. The molecule has 1 heterocycles. The van der Waals surface area contributed by atoms with Crippen molar-refractivity contribution in [1.82, 2.24) is 0 Å². The van der Waals surface area contributed by atoms with E-state index in [1.165, 1.54) is 14.2 Å². The second-order valence-electron chi connectivity index (χ2n) is 7.05. The Bertz CT molecular complexity index is 514. The number of hydrogen-bond donors (Lipinski definition) is 0. The van der Waals surface area contributed by atoms with Crippen molar-refractivity contribution in [2.24, 2.45) is 11.8 Å². The molecule has 2 bridgehead atoms. The maximum atomic E-state index is 13.4. The van der Waals surface area contributed by atoms with Crippen molar-refractivity contribution >= 4 is 29.0 Å². The van der Waals surface area contributed by atoms with Gasteiger partial charge >= 0.3 is 0 Å². The maximum absolute atomic E-state index is 13.4. The lowest BCUT2D eigenvalue weighted by Crippen LogP contribution is -2.63. The minimum atomic E-state index is -1.33. The molecular weight excluding hydrogens is 327 g/mol. The summed E-state index contributed by atoms with van der Waals surface area (Å²) < 4.78 is 17.6. The molecule has 1 aliphatic heterocycles. The Kier molecular flexibility index (Phi) is 3.27. The highest BCUT2D eigenvalue weighted by Crippen LogP contribution is 2.76. The summed E-state index contributed by atoms with van der Waals surface area (Å²) in [7, 11) is 3.08. The number of ketones is 1. The Morgan fingerprint density at radius 1 is 1.09 bits per heavy atom. The lowest BCUT2D eigenvalue weighted by molar-refractivity contribution is -0.236. The molecule has 0 aromatic heterocycles. The van der Waals surface area contributed by atoms with E-state index in [2.05, 4.69) is 0 Å². The first kappa shape index (κ1) is 15.6. The van der Waals surface area contributed by atoms with E-state index in [9.17, 15) is 4.79 Å². The predicted molar refractivity (Wildman–Crippen MR) is 82.3 cm³/mol. The summed E-state index contributed by atoms with van der Waals surface area (Å²) in [6.07, 6.45) is 5.40. The zero-order valence-electron chi connectivity index (χ0n) is 13.0. The summed E-state index contributed by atoms with van der Waals surface area (Å²) in [5.74, 6) is -1.38. The zero-order valence-corrected chi connectivity index (χ0v) is 14.5. The maximum Gasteiger partial charge on any atom is 0.218 e. The molecule has 4 nitrogen and oxygen atoms in total. The Morgan fingerprint density at radius 2 is 1.73 bits per heavy atom. The largest absolute Gasteiger partial charge is 0.365 e. The number of alkyl halides is 2. The molecule has 5 atom stereocenters. The Labute approximate surface area is 140 Å². The van der Waals surface area contributed by atoms with Crippen molar-refractivity contribution in [3.8, 4) is 0 Å². The van der Waals surface area contributed by atoms with Gasteiger partial charge in [-0.3, -0.25) is 4.79 Å². The summed E-state index contributed by atoms with van der Waals surface area (Å²) in [4.78, 5) is 11.1. The third-order valence-corrected chi connectivity index (χ3v) is 8.16. The van der Waals surface area contributed by atoms with E-state index < -0.39 is 21.1 Å². The summed E-state index contributed by atoms with van der Waals surface area (Å²) in [5, 5.41) is 0. The first-order chi connectivity index (χ1) is 10.5. The predicted octanol–water partition coefficient (Wildman–Crippen LogP) is 2.88. The fourth-order valence-corrected chi connectivity index (χ4v) is 7.53. The minimum absolute atomic E-state index is 0.0114. The van der Waals surface area contributed by atoms with E-state index in [-0.39, 0.29) is 17.6 Å². The molecule has 0 unspecified atom stereocenters. The van der Waals surface area contributed by atoms with Crippen LogP contribution in [0.4, 0.5) is 0 Å². The van der Waals surface area contributed by atoms with E-state index in [1.54, 1.807) is 0 Å². The third-order valence-electron chi connectivity index (χ3n) is 6.63. The van der Waals surface area contributed by atoms with Gasteiger partial charge in [0.15, 0.2) is 16.3 Å². The molecule has 4 aliphatic rings. The molecule has 124 valence electrons. The van der Waals surface area contributed by atoms with Gasteiger partial charge in [-0.05, 0) is 37.5 Å². The van der Waals surface area contributed by atoms with Gasteiger partial charge in [-0.25, -0.2) is 0 Å². The number of carbonyl (C=O) groups excluding carboxylic acids is 1. The Balaban J connectivity index is 2.00. The van der Waals surface area contributed by atoms with Crippen LogP contribution in [0.3, 0.4) is 0 Å². The number of carbonyl (C=O) groups is 1. The molecule has 6 heteroatoms. The molecule has 0 N–H and O–H groups in total. The van der Waals surface area contributed by atoms with Crippen LogP contribution in [0.25, 0.3) is 0 Å². The quantitative estimate of drug-likeness (QED) is 0.568. The van der Waals surface area contributed by atoms with Crippen molar-refractivity contribution in [2.75, 3.05) is 20.8 Å². The van der Waals surface area contributed by atoms with Crippen LogP contribution in [-0.4, -0.2) is 47.7 Å². The average molecular weight is 349 g/mol. The molecule has 1 spiro atoms. The highest BCUT2D eigenvalue weighted by atomic mass is 35.5. The van der Waals surface area contributed by atoms with E-state index >= 15 is 0 Å². The molecule has 3 aliphatic carbocycles. The molecular formula is C16H22Cl2O4. The van der Waals surface area contributed by atoms with Gasteiger partial charge in [-0.1, -0.05) is 12.8 Å². The van der Waals surface area contributed by atoms with Gasteiger partial charge < -0.3 is 14.2 Å². The summed E-state index contributed by atoms with van der Waals surface area (Å²) >= 11 is 14.3. The van der Waals surface area contributed by atoms with Gasteiger partial charge in [0.05, 0.1) is 0 Å². The van der Waals surface area contributed by atoms with E-state index in [4.69, 9.17) is 37.4 Å². The third kappa shape index (κ3) is 1.24. The fourth-order valence-electron chi connectivity index (χ4n) is 5.96. The molecule has 3 saturated carbocycles. The molecule has 22 heavy (non-hydrogen) atoms. The topological polar surface area (TPSA) is 44.8 Å². The lowest BCUT2D eigenvalue weighted by Gasteiger charge is -2.48. The van der Waals surface area contributed by atoms with E-state index in [1.807, 2.05) is 0 Å². The van der Waals surface area contributed by atoms with Gasteiger partial charge in [0.1, 0.15) is 4.87 Å². The fraction of sp³-hybridized carbons (Fsp3) is 0.938. The second-order valence-corrected chi connectivity index (χ2v) is 8.25. The van der Waals surface area contributed by atoms with Gasteiger partial charge in [0, 0.05) is 20.8 Å². The van der Waals surface area contributed by atoms with Gasteiger partial charge in [0.25, 0.3) is 0 Å². The molecule has 1 saturated heterocycles. The highest BCUT2D eigenvalue weighted by molar-refractivity contribution is 6.45. The molecule has 0 aromatic carbocycles. The van der Waals surface area contributed by atoms with Crippen LogP contribution in [0.15, 0.2) is 0 Å². The van der Waals surface area contributed by atoms with Crippen LogP contribution in [0, 0.1) is 11.8 Å². The number of halogens is 2. The van der Waals surface area contributed by atoms with Gasteiger partial charge in [0.2, 0.25) is 5.79 Å². The molecule has 0 amide bonds. The number of rotatable bonds is 2. The first-order valence-corrected chi connectivity index (χ1v) is 8.89. The highest BCUT2D eigenvalue weighted by Gasteiger charge is 2.93. The standard InChI is InChI=1S/C16H22Cl2O4/c1-20-16(21-2)14(17)10-6-3-4-7-11(10)15(16,18)13(12(14)19)8-5-9-22-13/h10-11H,3-9H2,1-2H3/t10-,11+,13-,14-,15+/m1/s1. The van der Waals surface area contributed by atoms with Crippen molar-refractivity contribution in [3.63, 3.8) is 0 Å². The van der Waals surface area contributed by atoms with E-state index in [0.717, 1.165) is 32.1 Å². The van der Waals surface area contributed by atoms with Crippen molar-refractivity contribution in [3.05, 3.63) is 0 Å². The average Bonchev–Trinajstić information content (AvgIpc) is 3.13. The van der Waals surface area contributed by atoms with E-state index in [0.29, 0.717) is 13.0 Å². The monoisotopic (exact) mass is 348 g/mol. The van der Waals surface area contributed by atoms with Crippen molar-refractivity contribution < 1.29 is 19.0 Å². The van der Waals surface area contributed by atoms with Gasteiger partial charge in [-0.15, -0.1) is 23.2 Å².